The summed E-state index contributed by atoms with van der Waals surface area (Å²) < 4.78 is 0. The van der Waals surface area contributed by atoms with Crippen LogP contribution in [0.25, 0.3) is 21.5 Å². The normalized spacial score (nSPS) is 12.4. The molecule has 12 heteroatoms. The molecule has 3 aromatic rings. The van der Waals surface area contributed by atoms with Crippen molar-refractivity contribution in [3.8, 4) is 0 Å². The molecule has 2 atom stereocenters. The van der Waals surface area contributed by atoms with Crippen molar-refractivity contribution in [1.82, 2.24) is 10.6 Å². The smallest absolute Gasteiger partial charge is 0.326 e. The monoisotopic (exact) mass is 524 g/mol. The third-order valence-corrected chi connectivity index (χ3v) is 5.85. The van der Waals surface area contributed by atoms with E-state index in [1.54, 1.807) is 48.5 Å². The Bertz CT molecular complexity index is 1280. The maximum absolute atomic E-state index is 12.8. The van der Waals surface area contributed by atoms with Crippen LogP contribution in [-0.4, -0.2) is 68.2 Å². The number of carboxylic acids is 4. The van der Waals surface area contributed by atoms with Crippen molar-refractivity contribution in [3.63, 3.8) is 0 Å². The minimum absolute atomic E-state index is 0.281. The second-order valence-corrected chi connectivity index (χ2v) is 8.51. The average Bonchev–Trinajstić information content (AvgIpc) is 2.84. The Morgan fingerprint density at radius 1 is 0.553 bits per heavy atom. The summed E-state index contributed by atoms with van der Waals surface area (Å²) in [6, 6.07) is 10.4. The molecular weight excluding hydrogens is 500 g/mol. The van der Waals surface area contributed by atoms with E-state index >= 15 is 0 Å². The molecule has 0 aliphatic carbocycles. The lowest BCUT2D eigenvalue weighted by Gasteiger charge is -2.18. The van der Waals surface area contributed by atoms with Crippen LogP contribution < -0.4 is 10.6 Å². The van der Waals surface area contributed by atoms with Crippen LogP contribution in [-0.2, 0) is 41.6 Å². The zero-order valence-corrected chi connectivity index (χ0v) is 19.8. The van der Waals surface area contributed by atoms with E-state index in [2.05, 4.69) is 10.6 Å². The lowest BCUT2D eigenvalue weighted by Crippen LogP contribution is -2.43. The summed E-state index contributed by atoms with van der Waals surface area (Å²) in [5.41, 5.74) is 1.04. The van der Waals surface area contributed by atoms with Gasteiger partial charge in [0.05, 0.1) is 25.7 Å². The van der Waals surface area contributed by atoms with Crippen LogP contribution in [0.1, 0.15) is 24.0 Å². The van der Waals surface area contributed by atoms with Gasteiger partial charge in [-0.15, -0.1) is 0 Å². The zero-order chi connectivity index (χ0) is 28.0. The van der Waals surface area contributed by atoms with E-state index in [1.165, 1.54) is 0 Å². The highest BCUT2D eigenvalue weighted by Crippen LogP contribution is 2.33. The first kappa shape index (κ1) is 27.6. The number of carbonyl (C=O) groups excluding carboxylic acids is 2. The topological polar surface area (TPSA) is 207 Å². The van der Waals surface area contributed by atoms with Crippen molar-refractivity contribution >= 4 is 57.2 Å². The van der Waals surface area contributed by atoms with Gasteiger partial charge in [-0.3, -0.25) is 19.2 Å². The number of rotatable bonds is 12. The fourth-order valence-corrected chi connectivity index (χ4v) is 4.25. The van der Waals surface area contributed by atoms with Gasteiger partial charge in [-0.25, -0.2) is 9.59 Å². The standard InChI is InChI=1S/C26H24N2O10/c29-21(27-19(25(35)36)11-23(31)32)9-17-13-5-1-2-6-14(13)18(16-8-4-3-7-15(16)17)10-22(30)28-20(26(37)38)12-24(33)34/h1-8,19-20H,9-12H2,(H,27,29)(H,28,30)(H,31,32)(H,33,34)(H,35,36)(H,37,38)/t19-,20-/m0/s1. The molecule has 0 heterocycles. The van der Waals surface area contributed by atoms with Crippen LogP contribution in [0.3, 0.4) is 0 Å². The van der Waals surface area contributed by atoms with E-state index in [1.807, 2.05) is 0 Å². The van der Waals surface area contributed by atoms with E-state index in [0.717, 1.165) is 0 Å². The minimum atomic E-state index is -1.62. The molecule has 0 saturated carbocycles. The van der Waals surface area contributed by atoms with Crippen molar-refractivity contribution in [2.24, 2.45) is 0 Å². The molecular formula is C26H24N2O10. The van der Waals surface area contributed by atoms with Gasteiger partial charge in [0.15, 0.2) is 0 Å². The number of nitrogens with one attached hydrogen (secondary N) is 2. The first-order valence-corrected chi connectivity index (χ1v) is 11.4. The summed E-state index contributed by atoms with van der Waals surface area (Å²) in [4.78, 5) is 70.3. The molecule has 0 fully saturated rings. The van der Waals surface area contributed by atoms with Gasteiger partial charge in [-0.2, -0.15) is 0 Å². The molecule has 198 valence electrons. The van der Waals surface area contributed by atoms with E-state index in [9.17, 15) is 39.0 Å². The van der Waals surface area contributed by atoms with Crippen LogP contribution in [0.15, 0.2) is 48.5 Å². The van der Waals surface area contributed by atoms with Crippen LogP contribution in [0, 0.1) is 0 Å². The van der Waals surface area contributed by atoms with Gasteiger partial charge >= 0.3 is 23.9 Å². The highest BCUT2D eigenvalue weighted by atomic mass is 16.4. The lowest BCUT2D eigenvalue weighted by molar-refractivity contribution is -0.147. The Kier molecular flexibility index (Phi) is 8.58. The second-order valence-electron chi connectivity index (χ2n) is 8.51. The van der Waals surface area contributed by atoms with Gasteiger partial charge in [0.2, 0.25) is 11.8 Å². The first-order chi connectivity index (χ1) is 18.0. The van der Waals surface area contributed by atoms with E-state index in [0.29, 0.717) is 32.7 Å². The molecule has 2 amide bonds. The number of amides is 2. The van der Waals surface area contributed by atoms with Crippen molar-refractivity contribution in [1.29, 1.82) is 0 Å². The van der Waals surface area contributed by atoms with Crippen LogP contribution >= 0.6 is 0 Å². The molecule has 0 radical (unpaired) electrons. The summed E-state index contributed by atoms with van der Waals surface area (Å²) in [6.45, 7) is 0. The van der Waals surface area contributed by atoms with Gasteiger partial charge < -0.3 is 31.1 Å². The predicted octanol–water partition coefficient (Wildman–Crippen LogP) is 1.17. The molecule has 3 aromatic carbocycles. The van der Waals surface area contributed by atoms with Crippen LogP contribution in [0.4, 0.5) is 0 Å². The third-order valence-electron chi connectivity index (χ3n) is 5.85. The fourth-order valence-electron chi connectivity index (χ4n) is 4.25. The molecule has 3 rings (SSSR count). The Hall–Kier alpha value is -5.00. The maximum Gasteiger partial charge on any atom is 0.326 e. The lowest BCUT2D eigenvalue weighted by atomic mass is 9.88. The molecule has 12 nitrogen and oxygen atoms in total. The molecule has 0 aliphatic rings. The van der Waals surface area contributed by atoms with Crippen molar-refractivity contribution < 1.29 is 49.2 Å². The number of carboxylic acid groups (broad SMARTS) is 4. The van der Waals surface area contributed by atoms with Gasteiger partial charge in [0.25, 0.3) is 0 Å². The molecule has 0 unspecified atom stereocenters. The molecule has 0 aliphatic heterocycles. The largest absolute Gasteiger partial charge is 0.481 e. The Balaban J connectivity index is 2.02. The second kappa shape index (κ2) is 11.8. The first-order valence-electron chi connectivity index (χ1n) is 11.4. The SMILES string of the molecule is O=C(O)C[C@H](NC(=O)Cc1c2ccccc2c(CC(=O)N[C@@H](CC(=O)O)C(=O)O)c2ccccc12)C(=O)O. The number of hydrogen-bond acceptors (Lipinski definition) is 6. The summed E-state index contributed by atoms with van der Waals surface area (Å²) in [6.07, 6.45) is -2.15. The highest BCUT2D eigenvalue weighted by Gasteiger charge is 2.26. The maximum atomic E-state index is 12.8. The minimum Gasteiger partial charge on any atom is -0.481 e. The number of hydrogen-bond donors (Lipinski definition) is 6. The quantitative estimate of drug-likeness (QED) is 0.186. The molecule has 0 bridgehead atoms. The van der Waals surface area contributed by atoms with Crippen molar-refractivity contribution in [3.05, 3.63) is 59.7 Å². The average molecular weight is 524 g/mol. The summed E-state index contributed by atoms with van der Waals surface area (Å²) >= 11 is 0. The number of carbonyl (C=O) groups is 6. The van der Waals surface area contributed by atoms with Gasteiger partial charge in [-0.05, 0) is 32.7 Å². The van der Waals surface area contributed by atoms with E-state index in [-0.39, 0.29) is 12.8 Å². The third kappa shape index (κ3) is 6.60. The Labute approximate surface area is 214 Å². The summed E-state index contributed by atoms with van der Waals surface area (Å²) in [7, 11) is 0. The van der Waals surface area contributed by atoms with E-state index in [4.69, 9.17) is 10.2 Å². The molecule has 6 N–H and O–H groups in total. The molecule has 0 saturated heterocycles. The highest BCUT2D eigenvalue weighted by molar-refractivity contribution is 6.09. The summed E-state index contributed by atoms with van der Waals surface area (Å²) in [5.74, 6) is -7.16. The van der Waals surface area contributed by atoms with Crippen LogP contribution in [0.5, 0.6) is 0 Å². The number of benzene rings is 3. The predicted molar refractivity (Wildman–Crippen MR) is 133 cm³/mol. The van der Waals surface area contributed by atoms with Gasteiger partial charge in [-0.1, -0.05) is 48.5 Å². The molecule has 38 heavy (non-hydrogen) atoms. The van der Waals surface area contributed by atoms with Crippen molar-refractivity contribution in [2.45, 2.75) is 37.8 Å². The Morgan fingerprint density at radius 3 is 1.08 bits per heavy atom. The van der Waals surface area contributed by atoms with Crippen molar-refractivity contribution in [2.75, 3.05) is 0 Å². The fraction of sp³-hybridized carbons (Fsp3) is 0.231. The van der Waals surface area contributed by atoms with Gasteiger partial charge in [0.1, 0.15) is 12.1 Å². The molecule has 0 aromatic heterocycles. The van der Waals surface area contributed by atoms with Gasteiger partial charge in [0, 0.05) is 0 Å². The number of aliphatic carboxylic acids is 4. The summed E-state index contributed by atoms with van der Waals surface area (Å²) in [5, 5.41) is 43.2. The molecule has 0 spiro atoms. The van der Waals surface area contributed by atoms with Crippen LogP contribution in [0.2, 0.25) is 0 Å². The number of fused-ring (bicyclic) bond motifs is 2. The Morgan fingerprint density at radius 2 is 0.842 bits per heavy atom. The zero-order valence-electron chi connectivity index (χ0n) is 19.8. The van der Waals surface area contributed by atoms with E-state index < -0.39 is 60.6 Å².